The highest BCUT2D eigenvalue weighted by molar-refractivity contribution is 5.56. The lowest BCUT2D eigenvalue weighted by atomic mass is 10.0. The summed E-state index contributed by atoms with van der Waals surface area (Å²) in [4.78, 5) is 2.35. The summed E-state index contributed by atoms with van der Waals surface area (Å²) in [6.45, 7) is 8.72. The molecule has 0 fully saturated rings. The fourth-order valence-corrected chi connectivity index (χ4v) is 1.97. The molecule has 0 bridgehead atoms. The van der Waals surface area contributed by atoms with Crippen molar-refractivity contribution in [2.45, 2.75) is 27.2 Å². The highest BCUT2D eigenvalue weighted by atomic mass is 15.1. The van der Waals surface area contributed by atoms with Crippen molar-refractivity contribution in [2.24, 2.45) is 0 Å². The standard InChI is InChI=1S/C14H24N2/c1-11-9-13(3)14(10-12(11)2)16(5)8-6-7-15-4/h9-10,15H,6-8H2,1-5H3. The molecule has 0 aromatic heterocycles. The van der Waals surface area contributed by atoms with E-state index in [-0.39, 0.29) is 0 Å². The van der Waals surface area contributed by atoms with Crippen molar-refractivity contribution in [1.82, 2.24) is 5.32 Å². The van der Waals surface area contributed by atoms with E-state index in [1.165, 1.54) is 28.8 Å². The molecule has 0 radical (unpaired) electrons. The molecule has 0 aliphatic rings. The van der Waals surface area contributed by atoms with Crippen LogP contribution in [0.4, 0.5) is 5.69 Å². The Kier molecular flexibility index (Phi) is 4.81. The van der Waals surface area contributed by atoms with Gasteiger partial charge in [-0.3, -0.25) is 0 Å². The van der Waals surface area contributed by atoms with Gasteiger partial charge in [-0.25, -0.2) is 0 Å². The van der Waals surface area contributed by atoms with Gasteiger partial charge in [-0.1, -0.05) is 6.07 Å². The summed E-state index contributed by atoms with van der Waals surface area (Å²) in [6.07, 6.45) is 1.18. The minimum Gasteiger partial charge on any atom is -0.374 e. The summed E-state index contributed by atoms with van der Waals surface area (Å²) in [5, 5.41) is 3.18. The Morgan fingerprint density at radius 2 is 1.69 bits per heavy atom. The Balaban J connectivity index is 2.75. The van der Waals surface area contributed by atoms with Crippen LogP contribution in [-0.2, 0) is 0 Å². The van der Waals surface area contributed by atoms with E-state index in [9.17, 15) is 0 Å². The Hall–Kier alpha value is -1.02. The number of rotatable bonds is 5. The van der Waals surface area contributed by atoms with Gasteiger partial charge in [0.2, 0.25) is 0 Å². The molecule has 0 aliphatic carbocycles. The average Bonchev–Trinajstić information content (AvgIpc) is 2.23. The maximum Gasteiger partial charge on any atom is 0.0396 e. The van der Waals surface area contributed by atoms with Crippen molar-refractivity contribution in [1.29, 1.82) is 0 Å². The molecule has 0 saturated heterocycles. The normalized spacial score (nSPS) is 10.6. The van der Waals surface area contributed by atoms with Crippen LogP contribution in [0.3, 0.4) is 0 Å². The van der Waals surface area contributed by atoms with Gasteiger partial charge in [-0.15, -0.1) is 0 Å². The zero-order valence-corrected chi connectivity index (χ0v) is 11.2. The van der Waals surface area contributed by atoms with E-state index < -0.39 is 0 Å². The molecular weight excluding hydrogens is 196 g/mol. The molecule has 1 N–H and O–H groups in total. The first-order chi connectivity index (χ1) is 7.56. The summed E-state index contributed by atoms with van der Waals surface area (Å²) in [6, 6.07) is 4.57. The molecule has 0 atom stereocenters. The number of nitrogens with zero attached hydrogens (tertiary/aromatic N) is 1. The minimum absolute atomic E-state index is 1.08. The summed E-state index contributed by atoms with van der Waals surface area (Å²) in [7, 11) is 4.17. The lowest BCUT2D eigenvalue weighted by Crippen LogP contribution is -2.23. The highest BCUT2D eigenvalue weighted by Gasteiger charge is 2.06. The van der Waals surface area contributed by atoms with Crippen LogP contribution in [0.1, 0.15) is 23.1 Å². The van der Waals surface area contributed by atoms with Crippen molar-refractivity contribution >= 4 is 5.69 Å². The fourth-order valence-electron chi connectivity index (χ4n) is 1.97. The number of nitrogens with one attached hydrogen (secondary N) is 1. The van der Waals surface area contributed by atoms with Crippen molar-refractivity contribution in [3.63, 3.8) is 0 Å². The maximum absolute atomic E-state index is 3.18. The van der Waals surface area contributed by atoms with Crippen LogP contribution in [0.2, 0.25) is 0 Å². The van der Waals surface area contributed by atoms with Crippen LogP contribution in [0, 0.1) is 20.8 Å². The van der Waals surface area contributed by atoms with Crippen molar-refractivity contribution < 1.29 is 0 Å². The van der Waals surface area contributed by atoms with Gasteiger partial charge >= 0.3 is 0 Å². The molecule has 2 nitrogen and oxygen atoms in total. The second kappa shape index (κ2) is 5.90. The number of hydrogen-bond acceptors (Lipinski definition) is 2. The van der Waals surface area contributed by atoms with Crippen LogP contribution >= 0.6 is 0 Å². The van der Waals surface area contributed by atoms with Crippen LogP contribution in [-0.4, -0.2) is 27.2 Å². The van der Waals surface area contributed by atoms with Crippen molar-refractivity contribution in [3.8, 4) is 0 Å². The third-order valence-electron chi connectivity index (χ3n) is 3.14. The second-order valence-corrected chi connectivity index (χ2v) is 4.60. The molecule has 0 spiro atoms. The molecule has 1 aromatic rings. The molecule has 0 heterocycles. The molecule has 1 aromatic carbocycles. The quantitative estimate of drug-likeness (QED) is 0.767. The van der Waals surface area contributed by atoms with Gasteiger partial charge in [0.1, 0.15) is 0 Å². The number of benzene rings is 1. The predicted octanol–water partition coefficient (Wildman–Crippen LogP) is 2.66. The molecular formula is C14H24N2. The van der Waals surface area contributed by atoms with Gasteiger partial charge in [-0.2, -0.15) is 0 Å². The van der Waals surface area contributed by atoms with Gasteiger partial charge in [0, 0.05) is 19.3 Å². The zero-order valence-electron chi connectivity index (χ0n) is 11.2. The number of hydrogen-bond donors (Lipinski definition) is 1. The molecule has 0 aliphatic heterocycles. The van der Waals surface area contributed by atoms with Gasteiger partial charge < -0.3 is 10.2 Å². The van der Waals surface area contributed by atoms with Crippen molar-refractivity contribution in [2.75, 3.05) is 32.1 Å². The summed E-state index contributed by atoms with van der Waals surface area (Å²) < 4.78 is 0. The summed E-state index contributed by atoms with van der Waals surface area (Å²) in [5.74, 6) is 0. The first kappa shape index (κ1) is 13.0. The maximum atomic E-state index is 3.18. The molecule has 0 unspecified atom stereocenters. The Morgan fingerprint density at radius 3 is 2.31 bits per heavy atom. The third-order valence-corrected chi connectivity index (χ3v) is 3.14. The SMILES string of the molecule is CNCCCN(C)c1cc(C)c(C)cc1C. The first-order valence-corrected chi connectivity index (χ1v) is 6.00. The molecule has 1 rings (SSSR count). The second-order valence-electron chi connectivity index (χ2n) is 4.60. The van der Waals surface area contributed by atoms with E-state index in [2.05, 4.69) is 50.2 Å². The highest BCUT2D eigenvalue weighted by Crippen LogP contribution is 2.23. The van der Waals surface area contributed by atoms with Gasteiger partial charge in [0.05, 0.1) is 0 Å². The molecule has 2 heteroatoms. The minimum atomic E-state index is 1.08. The van der Waals surface area contributed by atoms with E-state index >= 15 is 0 Å². The summed E-state index contributed by atoms with van der Waals surface area (Å²) >= 11 is 0. The predicted molar refractivity (Wildman–Crippen MR) is 72.5 cm³/mol. The molecule has 0 amide bonds. The summed E-state index contributed by atoms with van der Waals surface area (Å²) in [5.41, 5.74) is 5.49. The lowest BCUT2D eigenvalue weighted by molar-refractivity contribution is 0.712. The molecule has 90 valence electrons. The largest absolute Gasteiger partial charge is 0.374 e. The first-order valence-electron chi connectivity index (χ1n) is 6.00. The molecule has 0 saturated carbocycles. The topological polar surface area (TPSA) is 15.3 Å². The van der Waals surface area contributed by atoms with Crippen LogP contribution in [0.15, 0.2) is 12.1 Å². The van der Waals surface area contributed by atoms with E-state index in [1.54, 1.807) is 0 Å². The van der Waals surface area contributed by atoms with E-state index in [0.717, 1.165) is 13.1 Å². The Labute approximate surface area is 99.7 Å². The smallest absolute Gasteiger partial charge is 0.0396 e. The Morgan fingerprint density at radius 1 is 1.06 bits per heavy atom. The number of aryl methyl sites for hydroxylation is 3. The van der Waals surface area contributed by atoms with Crippen LogP contribution < -0.4 is 10.2 Å². The van der Waals surface area contributed by atoms with Gasteiger partial charge in [0.25, 0.3) is 0 Å². The third kappa shape index (κ3) is 3.24. The van der Waals surface area contributed by atoms with Crippen LogP contribution in [0.5, 0.6) is 0 Å². The van der Waals surface area contributed by atoms with Gasteiger partial charge in [-0.05, 0) is 63.5 Å². The zero-order chi connectivity index (χ0) is 12.1. The van der Waals surface area contributed by atoms with Gasteiger partial charge in [0.15, 0.2) is 0 Å². The van der Waals surface area contributed by atoms with E-state index in [0.29, 0.717) is 0 Å². The van der Waals surface area contributed by atoms with E-state index in [4.69, 9.17) is 0 Å². The fraction of sp³-hybridized carbons (Fsp3) is 0.571. The monoisotopic (exact) mass is 220 g/mol. The lowest BCUT2D eigenvalue weighted by Gasteiger charge is -2.22. The van der Waals surface area contributed by atoms with Crippen molar-refractivity contribution in [3.05, 3.63) is 28.8 Å². The van der Waals surface area contributed by atoms with Crippen LogP contribution in [0.25, 0.3) is 0 Å². The average molecular weight is 220 g/mol. The Bertz CT molecular complexity index is 345. The molecule has 16 heavy (non-hydrogen) atoms. The van der Waals surface area contributed by atoms with E-state index in [1.807, 2.05) is 7.05 Å². The number of anilines is 1.